The van der Waals surface area contributed by atoms with E-state index in [4.69, 9.17) is 9.47 Å². The molecule has 19 heavy (non-hydrogen) atoms. The van der Waals surface area contributed by atoms with Crippen LogP contribution in [0.4, 0.5) is 5.69 Å². The summed E-state index contributed by atoms with van der Waals surface area (Å²) in [6.07, 6.45) is 3.31. The number of aryl methyl sites for hydroxylation is 1. The lowest BCUT2D eigenvalue weighted by Crippen LogP contribution is -2.35. The molecule has 0 unspecified atom stereocenters. The Hall–Kier alpha value is -1.71. The fourth-order valence-electron chi connectivity index (χ4n) is 2.92. The van der Waals surface area contributed by atoms with Crippen LogP contribution in [0.3, 0.4) is 0 Å². The predicted octanol–water partition coefficient (Wildman–Crippen LogP) is 2.67. The van der Waals surface area contributed by atoms with Crippen LogP contribution in [0.2, 0.25) is 0 Å². The molecule has 0 spiro atoms. The molecule has 0 saturated heterocycles. The third kappa shape index (κ3) is 2.27. The van der Waals surface area contributed by atoms with Gasteiger partial charge in [0.25, 0.3) is 0 Å². The van der Waals surface area contributed by atoms with Gasteiger partial charge < -0.3 is 14.4 Å². The van der Waals surface area contributed by atoms with Crippen LogP contribution in [-0.2, 0) is 4.79 Å². The van der Waals surface area contributed by atoms with Gasteiger partial charge in [0.2, 0.25) is 6.79 Å². The van der Waals surface area contributed by atoms with Gasteiger partial charge in [-0.05, 0) is 31.4 Å². The molecule has 0 N–H and O–H groups in total. The van der Waals surface area contributed by atoms with Crippen molar-refractivity contribution in [3.8, 4) is 11.5 Å². The molecular formula is C15H19NO3. The fraction of sp³-hybridized carbons (Fsp3) is 0.533. The average Bonchev–Trinajstić information content (AvgIpc) is 2.85. The molecule has 1 saturated carbocycles. The molecule has 4 heteroatoms. The highest BCUT2D eigenvalue weighted by Crippen LogP contribution is 2.39. The quantitative estimate of drug-likeness (QED) is 0.820. The minimum Gasteiger partial charge on any atom is -0.454 e. The summed E-state index contributed by atoms with van der Waals surface area (Å²) in [4.78, 5) is 13.6. The molecule has 0 aromatic heterocycles. The van der Waals surface area contributed by atoms with Gasteiger partial charge in [0.05, 0.1) is 0 Å². The maximum absolute atomic E-state index is 11.3. The summed E-state index contributed by atoms with van der Waals surface area (Å²) in [6, 6.07) is 4.52. The molecule has 0 atom stereocenters. The number of carbonyl (C=O) groups is 1. The van der Waals surface area contributed by atoms with Crippen LogP contribution in [0.5, 0.6) is 11.5 Å². The largest absolute Gasteiger partial charge is 0.454 e. The molecule has 1 aromatic rings. The van der Waals surface area contributed by atoms with Crippen LogP contribution in [0, 0.1) is 6.92 Å². The highest BCUT2D eigenvalue weighted by atomic mass is 16.7. The van der Waals surface area contributed by atoms with E-state index in [-0.39, 0.29) is 0 Å². The van der Waals surface area contributed by atoms with Crippen molar-refractivity contribution in [2.45, 2.75) is 38.6 Å². The van der Waals surface area contributed by atoms with Gasteiger partial charge in [-0.25, -0.2) is 0 Å². The first-order valence-electron chi connectivity index (χ1n) is 6.80. The van der Waals surface area contributed by atoms with Gasteiger partial charge in [0, 0.05) is 37.7 Å². The van der Waals surface area contributed by atoms with E-state index in [1.165, 1.54) is 11.3 Å². The molecule has 1 fully saturated rings. The SMILES string of the molecule is Cc1cc2c(cc1N(C)C1CCC(=O)CC1)OCO2. The Morgan fingerprint density at radius 1 is 1.16 bits per heavy atom. The normalized spacial score (nSPS) is 18.7. The molecule has 1 aliphatic heterocycles. The Balaban J connectivity index is 1.83. The van der Waals surface area contributed by atoms with Gasteiger partial charge >= 0.3 is 0 Å². The molecule has 102 valence electrons. The van der Waals surface area contributed by atoms with Crippen molar-refractivity contribution in [3.63, 3.8) is 0 Å². The van der Waals surface area contributed by atoms with Crippen LogP contribution in [0.25, 0.3) is 0 Å². The monoisotopic (exact) mass is 261 g/mol. The number of carbonyl (C=O) groups excluding carboxylic acids is 1. The zero-order valence-corrected chi connectivity index (χ0v) is 11.4. The van der Waals surface area contributed by atoms with Crippen molar-refractivity contribution in [2.75, 3.05) is 18.7 Å². The van der Waals surface area contributed by atoms with E-state index in [1.54, 1.807) is 0 Å². The van der Waals surface area contributed by atoms with Crippen LogP contribution in [0.1, 0.15) is 31.2 Å². The van der Waals surface area contributed by atoms with Crippen molar-refractivity contribution < 1.29 is 14.3 Å². The number of fused-ring (bicyclic) bond motifs is 1. The Morgan fingerprint density at radius 3 is 2.47 bits per heavy atom. The zero-order valence-electron chi connectivity index (χ0n) is 11.4. The van der Waals surface area contributed by atoms with Crippen molar-refractivity contribution >= 4 is 11.5 Å². The minimum atomic E-state index is 0.305. The average molecular weight is 261 g/mol. The Kier molecular flexibility index (Phi) is 3.09. The maximum Gasteiger partial charge on any atom is 0.231 e. The standard InChI is InChI=1S/C15H19NO3/c1-10-7-14-15(19-9-18-14)8-13(10)16(2)11-3-5-12(17)6-4-11/h7-8,11H,3-6,9H2,1-2H3. The van der Waals surface area contributed by atoms with Gasteiger partial charge in [-0.2, -0.15) is 0 Å². The molecule has 1 aromatic carbocycles. The summed E-state index contributed by atoms with van der Waals surface area (Å²) in [5.41, 5.74) is 2.35. The van der Waals surface area contributed by atoms with Crippen molar-refractivity contribution in [1.82, 2.24) is 0 Å². The molecule has 0 radical (unpaired) electrons. The number of nitrogens with zero attached hydrogens (tertiary/aromatic N) is 1. The number of benzene rings is 1. The molecule has 1 aliphatic carbocycles. The number of hydrogen-bond donors (Lipinski definition) is 0. The van der Waals surface area contributed by atoms with E-state index >= 15 is 0 Å². The minimum absolute atomic E-state index is 0.305. The topological polar surface area (TPSA) is 38.8 Å². The lowest BCUT2D eigenvalue weighted by Gasteiger charge is -2.33. The summed E-state index contributed by atoms with van der Waals surface area (Å²) >= 11 is 0. The fourth-order valence-corrected chi connectivity index (χ4v) is 2.92. The molecule has 1 heterocycles. The smallest absolute Gasteiger partial charge is 0.231 e. The summed E-state index contributed by atoms with van der Waals surface area (Å²) in [5.74, 6) is 2.04. The van der Waals surface area contributed by atoms with E-state index in [1.807, 2.05) is 12.1 Å². The number of anilines is 1. The Labute approximate surface area is 113 Å². The van der Waals surface area contributed by atoms with Gasteiger partial charge in [0.1, 0.15) is 5.78 Å². The Bertz CT molecular complexity index is 502. The molecule has 0 amide bonds. The number of Topliss-reactive ketones (excluding diaryl/α,β-unsaturated/α-hetero) is 1. The second kappa shape index (κ2) is 4.76. The zero-order chi connectivity index (χ0) is 13.4. The summed E-state index contributed by atoms with van der Waals surface area (Å²) in [6.45, 7) is 2.39. The van der Waals surface area contributed by atoms with Crippen LogP contribution in [0.15, 0.2) is 12.1 Å². The van der Waals surface area contributed by atoms with Crippen LogP contribution < -0.4 is 14.4 Å². The van der Waals surface area contributed by atoms with E-state index in [2.05, 4.69) is 18.9 Å². The van der Waals surface area contributed by atoms with Crippen molar-refractivity contribution in [2.24, 2.45) is 0 Å². The van der Waals surface area contributed by atoms with Crippen molar-refractivity contribution in [3.05, 3.63) is 17.7 Å². The molecule has 4 nitrogen and oxygen atoms in total. The molecule has 2 aliphatic rings. The van der Waals surface area contributed by atoms with Gasteiger partial charge in [-0.15, -0.1) is 0 Å². The predicted molar refractivity (Wildman–Crippen MR) is 73.0 cm³/mol. The van der Waals surface area contributed by atoms with Gasteiger partial charge in [-0.3, -0.25) is 4.79 Å². The van der Waals surface area contributed by atoms with E-state index in [0.29, 0.717) is 31.5 Å². The summed E-state index contributed by atoms with van der Waals surface area (Å²) < 4.78 is 10.8. The lowest BCUT2D eigenvalue weighted by molar-refractivity contribution is -0.120. The number of rotatable bonds is 2. The molecule has 3 rings (SSSR count). The number of ketones is 1. The van der Waals surface area contributed by atoms with Crippen LogP contribution >= 0.6 is 0 Å². The highest BCUT2D eigenvalue weighted by molar-refractivity contribution is 5.79. The number of ether oxygens (including phenoxy) is 2. The van der Waals surface area contributed by atoms with E-state index < -0.39 is 0 Å². The van der Waals surface area contributed by atoms with Gasteiger partial charge in [0.15, 0.2) is 11.5 Å². The highest BCUT2D eigenvalue weighted by Gasteiger charge is 2.25. The van der Waals surface area contributed by atoms with Gasteiger partial charge in [-0.1, -0.05) is 0 Å². The molecular weight excluding hydrogens is 242 g/mol. The first-order chi connectivity index (χ1) is 9.15. The first kappa shape index (κ1) is 12.3. The second-order valence-electron chi connectivity index (χ2n) is 5.37. The first-order valence-corrected chi connectivity index (χ1v) is 6.80. The lowest BCUT2D eigenvalue weighted by atomic mass is 9.93. The third-order valence-corrected chi connectivity index (χ3v) is 4.13. The van der Waals surface area contributed by atoms with Crippen LogP contribution in [-0.4, -0.2) is 25.7 Å². The van der Waals surface area contributed by atoms with E-state index in [0.717, 1.165) is 24.3 Å². The summed E-state index contributed by atoms with van der Waals surface area (Å²) in [5, 5.41) is 0. The Morgan fingerprint density at radius 2 is 1.79 bits per heavy atom. The molecule has 0 bridgehead atoms. The van der Waals surface area contributed by atoms with Crippen molar-refractivity contribution in [1.29, 1.82) is 0 Å². The third-order valence-electron chi connectivity index (χ3n) is 4.13. The second-order valence-corrected chi connectivity index (χ2v) is 5.37. The summed E-state index contributed by atoms with van der Waals surface area (Å²) in [7, 11) is 2.10. The van der Waals surface area contributed by atoms with E-state index in [9.17, 15) is 4.79 Å². The number of hydrogen-bond acceptors (Lipinski definition) is 4. The maximum atomic E-state index is 11.3.